The highest BCUT2D eigenvalue weighted by Gasteiger charge is 2.15. The van der Waals surface area contributed by atoms with Crippen LogP contribution in [-0.2, 0) is 0 Å². The van der Waals surface area contributed by atoms with Crippen molar-refractivity contribution in [3.63, 3.8) is 0 Å². The summed E-state index contributed by atoms with van der Waals surface area (Å²) in [6, 6.07) is 18.3. The van der Waals surface area contributed by atoms with Crippen molar-refractivity contribution >= 4 is 0 Å². The molecule has 0 amide bonds. The van der Waals surface area contributed by atoms with Gasteiger partial charge in [-0.15, -0.1) is 0 Å². The molecule has 0 saturated carbocycles. The molecule has 1 N–H and O–H groups in total. The van der Waals surface area contributed by atoms with Gasteiger partial charge in [0, 0.05) is 0 Å². The van der Waals surface area contributed by atoms with Crippen LogP contribution in [0, 0.1) is 5.92 Å². The minimum Gasteiger partial charge on any atom is -0.512 e. The Morgan fingerprint density at radius 2 is 1.67 bits per heavy atom. The van der Waals surface area contributed by atoms with Gasteiger partial charge in [0.25, 0.3) is 0 Å². The van der Waals surface area contributed by atoms with Crippen LogP contribution in [0.15, 0.2) is 78.6 Å². The molecule has 2 heteroatoms. The monoisotopic (exact) mass is 278 g/mol. The molecule has 0 saturated heterocycles. The molecule has 0 aromatic heterocycles. The standard InChI is InChI=1S/C19H18O2/c20-19-9-5-4-8-17(19)14-21-18-12-10-16(11-13-18)15-6-2-1-3-7-15/h1-7,9-13,17,20H,8,14H2. The first-order valence-electron chi connectivity index (χ1n) is 7.17. The molecular weight excluding hydrogens is 260 g/mol. The van der Waals surface area contributed by atoms with E-state index in [2.05, 4.69) is 24.3 Å². The molecule has 0 heterocycles. The summed E-state index contributed by atoms with van der Waals surface area (Å²) in [7, 11) is 0. The molecule has 0 radical (unpaired) electrons. The number of hydrogen-bond acceptors (Lipinski definition) is 2. The average Bonchev–Trinajstić information content (AvgIpc) is 2.55. The Balaban J connectivity index is 1.63. The third kappa shape index (κ3) is 3.34. The van der Waals surface area contributed by atoms with E-state index in [1.165, 1.54) is 11.1 Å². The number of allylic oxidation sites excluding steroid dienone is 3. The van der Waals surface area contributed by atoms with Crippen molar-refractivity contribution in [3.8, 4) is 16.9 Å². The van der Waals surface area contributed by atoms with Gasteiger partial charge in [-0.05, 0) is 35.8 Å². The van der Waals surface area contributed by atoms with Crippen molar-refractivity contribution in [3.05, 3.63) is 78.6 Å². The normalized spacial score (nSPS) is 17.3. The number of aliphatic hydroxyl groups is 1. The molecule has 1 aliphatic carbocycles. The number of rotatable bonds is 4. The van der Waals surface area contributed by atoms with Gasteiger partial charge in [0.15, 0.2) is 0 Å². The van der Waals surface area contributed by atoms with Crippen LogP contribution in [-0.4, -0.2) is 11.7 Å². The topological polar surface area (TPSA) is 29.5 Å². The van der Waals surface area contributed by atoms with Crippen LogP contribution in [0.5, 0.6) is 5.75 Å². The smallest absolute Gasteiger partial charge is 0.119 e. The van der Waals surface area contributed by atoms with Crippen molar-refractivity contribution in [2.45, 2.75) is 6.42 Å². The summed E-state index contributed by atoms with van der Waals surface area (Å²) in [5.74, 6) is 1.29. The largest absolute Gasteiger partial charge is 0.512 e. The fraction of sp³-hybridized carbons (Fsp3) is 0.158. The van der Waals surface area contributed by atoms with Crippen LogP contribution < -0.4 is 4.74 Å². The van der Waals surface area contributed by atoms with E-state index >= 15 is 0 Å². The first-order chi connectivity index (χ1) is 10.3. The second-order valence-corrected chi connectivity index (χ2v) is 5.15. The second kappa shape index (κ2) is 6.31. The third-order valence-electron chi connectivity index (χ3n) is 3.65. The minimum absolute atomic E-state index is 0.0591. The van der Waals surface area contributed by atoms with Crippen molar-refractivity contribution in [1.82, 2.24) is 0 Å². The number of aliphatic hydroxyl groups excluding tert-OH is 1. The van der Waals surface area contributed by atoms with Gasteiger partial charge in [-0.3, -0.25) is 0 Å². The van der Waals surface area contributed by atoms with E-state index in [0.29, 0.717) is 12.4 Å². The Kier molecular flexibility index (Phi) is 4.06. The molecule has 0 spiro atoms. The lowest BCUT2D eigenvalue weighted by molar-refractivity contribution is 0.221. The van der Waals surface area contributed by atoms with E-state index in [0.717, 1.165) is 12.2 Å². The molecular formula is C19H18O2. The Morgan fingerprint density at radius 3 is 2.38 bits per heavy atom. The highest BCUT2D eigenvalue weighted by Crippen LogP contribution is 2.24. The predicted molar refractivity (Wildman–Crippen MR) is 85.3 cm³/mol. The molecule has 1 aliphatic rings. The third-order valence-corrected chi connectivity index (χ3v) is 3.65. The summed E-state index contributed by atoms with van der Waals surface area (Å²) in [6.45, 7) is 0.497. The maximum Gasteiger partial charge on any atom is 0.119 e. The van der Waals surface area contributed by atoms with Gasteiger partial charge in [0.1, 0.15) is 5.75 Å². The van der Waals surface area contributed by atoms with Crippen molar-refractivity contribution in [2.24, 2.45) is 5.92 Å². The lowest BCUT2D eigenvalue weighted by Gasteiger charge is -2.17. The summed E-state index contributed by atoms with van der Waals surface area (Å²) < 4.78 is 5.77. The predicted octanol–water partition coefficient (Wildman–Crippen LogP) is 4.75. The molecule has 1 unspecified atom stereocenters. The Hall–Kier alpha value is -2.48. The van der Waals surface area contributed by atoms with Gasteiger partial charge >= 0.3 is 0 Å². The number of hydrogen-bond donors (Lipinski definition) is 1. The Morgan fingerprint density at radius 1 is 0.952 bits per heavy atom. The van der Waals surface area contributed by atoms with Gasteiger partial charge in [-0.2, -0.15) is 0 Å². The quantitative estimate of drug-likeness (QED) is 0.874. The summed E-state index contributed by atoms with van der Waals surface area (Å²) in [5, 5.41) is 9.77. The molecule has 2 aromatic rings. The average molecular weight is 278 g/mol. The molecule has 0 aliphatic heterocycles. The van der Waals surface area contributed by atoms with Crippen molar-refractivity contribution < 1.29 is 9.84 Å². The molecule has 2 aromatic carbocycles. The maximum absolute atomic E-state index is 9.77. The summed E-state index contributed by atoms with van der Waals surface area (Å²) >= 11 is 0. The van der Waals surface area contributed by atoms with Crippen LogP contribution in [0.4, 0.5) is 0 Å². The van der Waals surface area contributed by atoms with E-state index in [4.69, 9.17) is 4.74 Å². The molecule has 0 fully saturated rings. The van der Waals surface area contributed by atoms with E-state index < -0.39 is 0 Å². The van der Waals surface area contributed by atoms with E-state index in [1.54, 1.807) is 6.08 Å². The molecule has 0 bridgehead atoms. The maximum atomic E-state index is 9.77. The zero-order chi connectivity index (χ0) is 14.5. The van der Waals surface area contributed by atoms with Crippen molar-refractivity contribution in [1.29, 1.82) is 0 Å². The van der Waals surface area contributed by atoms with E-state index in [1.807, 2.05) is 42.5 Å². The molecule has 2 nitrogen and oxygen atoms in total. The SMILES string of the molecule is OC1=CC=CCC1COc1ccc(-c2ccccc2)cc1. The van der Waals surface area contributed by atoms with Crippen LogP contribution in [0.1, 0.15) is 6.42 Å². The summed E-state index contributed by atoms with van der Waals surface area (Å²) in [4.78, 5) is 0. The Bertz CT molecular complexity index is 639. The Labute approximate surface area is 125 Å². The van der Waals surface area contributed by atoms with Crippen molar-refractivity contribution in [2.75, 3.05) is 6.61 Å². The van der Waals surface area contributed by atoms with Gasteiger partial charge in [-0.25, -0.2) is 0 Å². The lowest BCUT2D eigenvalue weighted by Crippen LogP contribution is -2.15. The fourth-order valence-electron chi connectivity index (χ4n) is 2.39. The van der Waals surface area contributed by atoms with Gasteiger partial charge < -0.3 is 9.84 Å². The second-order valence-electron chi connectivity index (χ2n) is 5.15. The first-order valence-corrected chi connectivity index (χ1v) is 7.17. The van der Waals surface area contributed by atoms with E-state index in [-0.39, 0.29) is 5.92 Å². The summed E-state index contributed by atoms with van der Waals surface area (Å²) in [5.41, 5.74) is 2.37. The van der Waals surface area contributed by atoms with Crippen LogP contribution >= 0.6 is 0 Å². The van der Waals surface area contributed by atoms with Crippen LogP contribution in [0.2, 0.25) is 0 Å². The zero-order valence-electron chi connectivity index (χ0n) is 11.8. The molecule has 106 valence electrons. The van der Waals surface area contributed by atoms with Gasteiger partial charge in [-0.1, -0.05) is 54.6 Å². The highest BCUT2D eigenvalue weighted by molar-refractivity contribution is 5.63. The number of benzene rings is 2. The zero-order valence-corrected chi connectivity index (χ0v) is 11.8. The van der Waals surface area contributed by atoms with E-state index in [9.17, 15) is 5.11 Å². The van der Waals surface area contributed by atoms with Gasteiger partial charge in [0.05, 0.1) is 18.3 Å². The van der Waals surface area contributed by atoms with Gasteiger partial charge in [0.2, 0.25) is 0 Å². The molecule has 1 atom stereocenters. The summed E-state index contributed by atoms with van der Waals surface area (Å²) in [6.07, 6.45) is 6.48. The highest BCUT2D eigenvalue weighted by atomic mass is 16.5. The minimum atomic E-state index is 0.0591. The molecule has 21 heavy (non-hydrogen) atoms. The van der Waals surface area contributed by atoms with Crippen LogP contribution in [0.25, 0.3) is 11.1 Å². The lowest BCUT2D eigenvalue weighted by atomic mass is 10.00. The fourth-order valence-corrected chi connectivity index (χ4v) is 2.39. The first kappa shape index (κ1) is 13.5. The number of ether oxygens (including phenoxy) is 1. The molecule has 3 rings (SSSR count). The van der Waals surface area contributed by atoms with Crippen LogP contribution in [0.3, 0.4) is 0 Å².